The van der Waals surface area contributed by atoms with E-state index in [-0.39, 0.29) is 18.5 Å². The molecule has 2 aromatic heterocycles. The summed E-state index contributed by atoms with van der Waals surface area (Å²) in [7, 11) is 0. The summed E-state index contributed by atoms with van der Waals surface area (Å²) in [6.07, 6.45) is 3.60. The summed E-state index contributed by atoms with van der Waals surface area (Å²) >= 11 is 1.46. The number of thiophene rings is 1. The van der Waals surface area contributed by atoms with Gasteiger partial charge >= 0.3 is 5.97 Å². The molecular formula is C28H27NO5S. The first kappa shape index (κ1) is 23.2. The van der Waals surface area contributed by atoms with E-state index in [1.54, 1.807) is 12.1 Å². The SMILES string of the molecule is CC(C)OC(=O)c1c(NC(=O)c2ccc(COc3cccc4ccccc34)o2)sc2c1CCCC2. The zero-order valence-electron chi connectivity index (χ0n) is 19.8. The lowest BCUT2D eigenvalue weighted by Gasteiger charge is -2.14. The summed E-state index contributed by atoms with van der Waals surface area (Å²) in [4.78, 5) is 27.0. The molecule has 1 aliphatic carbocycles. The van der Waals surface area contributed by atoms with E-state index in [1.807, 2.05) is 56.3 Å². The molecule has 4 aromatic rings. The van der Waals surface area contributed by atoms with E-state index in [0.717, 1.165) is 52.6 Å². The third-order valence-corrected chi connectivity index (χ3v) is 7.16. The van der Waals surface area contributed by atoms with Gasteiger partial charge in [-0.1, -0.05) is 36.4 Å². The minimum absolute atomic E-state index is 0.163. The molecule has 2 heterocycles. The second-order valence-electron chi connectivity index (χ2n) is 8.86. The number of furan rings is 1. The molecule has 0 aliphatic heterocycles. The van der Waals surface area contributed by atoms with E-state index in [2.05, 4.69) is 5.32 Å². The molecule has 0 fully saturated rings. The maximum absolute atomic E-state index is 13.0. The molecule has 5 rings (SSSR count). The van der Waals surface area contributed by atoms with Gasteiger partial charge in [-0.05, 0) is 68.7 Å². The Balaban J connectivity index is 1.31. The molecule has 1 N–H and O–H groups in total. The molecule has 0 saturated heterocycles. The molecule has 7 heteroatoms. The minimum Gasteiger partial charge on any atom is -0.485 e. The molecule has 6 nitrogen and oxygen atoms in total. The van der Waals surface area contributed by atoms with Crippen molar-refractivity contribution in [2.45, 2.75) is 52.2 Å². The molecule has 0 spiro atoms. The molecular weight excluding hydrogens is 462 g/mol. The number of carbonyl (C=O) groups is 2. The number of amides is 1. The van der Waals surface area contributed by atoms with Crippen molar-refractivity contribution in [3.05, 3.63) is 82.1 Å². The van der Waals surface area contributed by atoms with E-state index in [0.29, 0.717) is 16.3 Å². The molecule has 0 bridgehead atoms. The molecule has 1 aliphatic rings. The van der Waals surface area contributed by atoms with Crippen LogP contribution in [-0.2, 0) is 24.2 Å². The summed E-state index contributed by atoms with van der Waals surface area (Å²) in [5, 5.41) is 5.53. The van der Waals surface area contributed by atoms with Crippen LogP contribution in [0.3, 0.4) is 0 Å². The summed E-state index contributed by atoms with van der Waals surface area (Å²) in [6.45, 7) is 3.83. The lowest BCUT2D eigenvalue weighted by atomic mass is 9.95. The first-order valence-electron chi connectivity index (χ1n) is 11.9. The van der Waals surface area contributed by atoms with Crippen molar-refractivity contribution in [3.8, 4) is 5.75 Å². The first-order valence-corrected chi connectivity index (χ1v) is 12.7. The van der Waals surface area contributed by atoms with Crippen molar-refractivity contribution in [2.75, 3.05) is 5.32 Å². The van der Waals surface area contributed by atoms with Crippen molar-refractivity contribution < 1.29 is 23.5 Å². The van der Waals surface area contributed by atoms with Gasteiger partial charge in [-0.2, -0.15) is 0 Å². The number of hydrogen-bond acceptors (Lipinski definition) is 6. The van der Waals surface area contributed by atoms with Crippen molar-refractivity contribution in [1.29, 1.82) is 0 Å². The number of aryl methyl sites for hydroxylation is 1. The lowest BCUT2D eigenvalue weighted by molar-refractivity contribution is 0.0378. The van der Waals surface area contributed by atoms with Gasteiger partial charge in [0.15, 0.2) is 5.76 Å². The fourth-order valence-electron chi connectivity index (χ4n) is 4.36. The lowest BCUT2D eigenvalue weighted by Crippen LogP contribution is -2.17. The van der Waals surface area contributed by atoms with Crippen molar-refractivity contribution in [1.82, 2.24) is 0 Å². The average Bonchev–Trinajstić information content (AvgIpc) is 3.47. The molecule has 0 saturated carbocycles. The van der Waals surface area contributed by atoms with Crippen LogP contribution in [0, 0.1) is 0 Å². The predicted molar refractivity (Wildman–Crippen MR) is 136 cm³/mol. The number of carbonyl (C=O) groups excluding carboxylic acids is 2. The Morgan fingerprint density at radius 2 is 1.83 bits per heavy atom. The van der Waals surface area contributed by atoms with Crippen molar-refractivity contribution in [3.63, 3.8) is 0 Å². The minimum atomic E-state index is -0.404. The van der Waals surface area contributed by atoms with Gasteiger partial charge in [0.1, 0.15) is 23.1 Å². The number of ether oxygens (including phenoxy) is 2. The van der Waals surface area contributed by atoms with Gasteiger partial charge in [-0.15, -0.1) is 11.3 Å². The summed E-state index contributed by atoms with van der Waals surface area (Å²) < 4.78 is 17.2. The number of esters is 1. The Kier molecular flexibility index (Phi) is 6.59. The zero-order valence-corrected chi connectivity index (χ0v) is 20.6. The van der Waals surface area contributed by atoms with E-state index >= 15 is 0 Å². The highest BCUT2D eigenvalue weighted by atomic mass is 32.1. The molecule has 0 unspecified atom stereocenters. The average molecular weight is 490 g/mol. The Morgan fingerprint density at radius 3 is 2.69 bits per heavy atom. The number of benzene rings is 2. The second kappa shape index (κ2) is 9.96. The van der Waals surface area contributed by atoms with Crippen LogP contribution in [0.1, 0.15) is 63.8 Å². The molecule has 0 radical (unpaired) electrons. The summed E-state index contributed by atoms with van der Waals surface area (Å²) in [5.41, 5.74) is 1.49. The third-order valence-electron chi connectivity index (χ3n) is 5.95. The summed E-state index contributed by atoms with van der Waals surface area (Å²) in [5.74, 6) is 0.656. The highest BCUT2D eigenvalue weighted by Gasteiger charge is 2.28. The van der Waals surface area contributed by atoms with Crippen LogP contribution in [0.15, 0.2) is 59.0 Å². The highest BCUT2D eigenvalue weighted by molar-refractivity contribution is 7.17. The Hall–Kier alpha value is -3.58. The van der Waals surface area contributed by atoms with E-state index < -0.39 is 11.9 Å². The number of hydrogen-bond donors (Lipinski definition) is 1. The number of anilines is 1. The summed E-state index contributed by atoms with van der Waals surface area (Å²) in [6, 6.07) is 17.2. The standard InChI is InChI=1S/C28H27NO5S/c1-17(2)33-28(31)25-21-11-5-6-13-24(21)35-27(25)29-26(30)23-15-14-19(34-23)16-32-22-12-7-9-18-8-3-4-10-20(18)22/h3-4,7-10,12,14-15,17H,5-6,11,13,16H2,1-2H3,(H,29,30). The van der Waals surface area contributed by atoms with Crippen LogP contribution in [0.25, 0.3) is 10.8 Å². The molecule has 35 heavy (non-hydrogen) atoms. The van der Waals surface area contributed by atoms with E-state index in [1.165, 1.54) is 11.3 Å². The van der Waals surface area contributed by atoms with Crippen LogP contribution in [0.5, 0.6) is 5.75 Å². The number of nitrogens with one attached hydrogen (secondary N) is 1. The quantitative estimate of drug-likeness (QED) is 0.290. The highest BCUT2D eigenvalue weighted by Crippen LogP contribution is 2.39. The molecule has 2 aromatic carbocycles. The second-order valence-corrected chi connectivity index (χ2v) is 9.96. The van der Waals surface area contributed by atoms with Gasteiger partial charge in [0.25, 0.3) is 5.91 Å². The van der Waals surface area contributed by atoms with Crippen molar-refractivity contribution >= 4 is 39.0 Å². The Morgan fingerprint density at radius 1 is 1.03 bits per heavy atom. The number of fused-ring (bicyclic) bond motifs is 2. The van der Waals surface area contributed by atoms with Crippen LogP contribution in [0.2, 0.25) is 0 Å². The fourth-order valence-corrected chi connectivity index (χ4v) is 5.63. The zero-order chi connectivity index (χ0) is 24.4. The Labute approximate surface area is 207 Å². The molecule has 0 atom stereocenters. The maximum Gasteiger partial charge on any atom is 0.341 e. The molecule has 180 valence electrons. The first-order chi connectivity index (χ1) is 17.0. The predicted octanol–water partition coefficient (Wildman–Crippen LogP) is 6.77. The van der Waals surface area contributed by atoms with Gasteiger partial charge < -0.3 is 19.2 Å². The van der Waals surface area contributed by atoms with Gasteiger partial charge in [0.2, 0.25) is 0 Å². The van der Waals surface area contributed by atoms with Crippen LogP contribution in [0.4, 0.5) is 5.00 Å². The van der Waals surface area contributed by atoms with Gasteiger partial charge in [0, 0.05) is 10.3 Å². The molecule has 1 amide bonds. The maximum atomic E-state index is 13.0. The topological polar surface area (TPSA) is 77.8 Å². The Bertz CT molecular complexity index is 1380. The van der Waals surface area contributed by atoms with E-state index in [4.69, 9.17) is 13.9 Å². The van der Waals surface area contributed by atoms with Gasteiger partial charge in [-0.3, -0.25) is 4.79 Å². The largest absolute Gasteiger partial charge is 0.485 e. The van der Waals surface area contributed by atoms with Crippen LogP contribution in [-0.4, -0.2) is 18.0 Å². The van der Waals surface area contributed by atoms with Gasteiger partial charge in [0.05, 0.1) is 11.7 Å². The van der Waals surface area contributed by atoms with Crippen molar-refractivity contribution in [2.24, 2.45) is 0 Å². The van der Waals surface area contributed by atoms with E-state index in [9.17, 15) is 9.59 Å². The number of rotatable bonds is 7. The normalized spacial score (nSPS) is 13.0. The fraction of sp³-hybridized carbons (Fsp3) is 0.286. The van der Waals surface area contributed by atoms with Gasteiger partial charge in [-0.25, -0.2) is 4.79 Å². The monoisotopic (exact) mass is 489 g/mol. The van der Waals surface area contributed by atoms with Crippen LogP contribution < -0.4 is 10.1 Å². The van der Waals surface area contributed by atoms with Crippen LogP contribution >= 0.6 is 11.3 Å². The smallest absolute Gasteiger partial charge is 0.341 e. The third kappa shape index (κ3) is 4.95.